The molecule has 0 saturated heterocycles. The van der Waals surface area contributed by atoms with E-state index in [0.717, 1.165) is 12.8 Å². The van der Waals surface area contributed by atoms with Crippen LogP contribution in [0.3, 0.4) is 0 Å². The molecular formula is C22H26BrNO5. The van der Waals surface area contributed by atoms with Crippen molar-refractivity contribution in [2.45, 2.75) is 38.7 Å². The van der Waals surface area contributed by atoms with Gasteiger partial charge in [-0.05, 0) is 72.8 Å². The molecule has 0 aliphatic heterocycles. The number of nitrogens with one attached hydrogen (secondary N) is 1. The molecule has 0 spiro atoms. The highest BCUT2D eigenvalue weighted by atomic mass is 79.9. The smallest absolute Gasteiger partial charge is 0.255 e. The van der Waals surface area contributed by atoms with Crippen LogP contribution in [0.15, 0.2) is 34.8 Å². The average Bonchev–Trinajstić information content (AvgIpc) is 3.22. The van der Waals surface area contributed by atoms with Crippen LogP contribution in [0.4, 0.5) is 5.69 Å². The Morgan fingerprint density at radius 1 is 1.07 bits per heavy atom. The molecule has 1 amide bonds. The van der Waals surface area contributed by atoms with E-state index in [2.05, 4.69) is 21.2 Å². The lowest BCUT2D eigenvalue weighted by atomic mass is 10.1. The van der Waals surface area contributed by atoms with Gasteiger partial charge in [0.25, 0.3) is 5.91 Å². The minimum atomic E-state index is -0.260. The summed E-state index contributed by atoms with van der Waals surface area (Å²) in [5.41, 5.74) is 1.08. The Balaban J connectivity index is 1.80. The average molecular weight is 464 g/mol. The van der Waals surface area contributed by atoms with Crippen molar-refractivity contribution in [3.8, 4) is 23.0 Å². The molecule has 7 heteroatoms. The Hall–Kier alpha value is -2.41. The van der Waals surface area contributed by atoms with E-state index in [1.54, 1.807) is 44.6 Å². The van der Waals surface area contributed by atoms with Crippen molar-refractivity contribution in [1.82, 2.24) is 0 Å². The summed E-state index contributed by atoms with van der Waals surface area (Å²) in [4.78, 5) is 12.8. The fourth-order valence-electron chi connectivity index (χ4n) is 3.37. The lowest BCUT2D eigenvalue weighted by molar-refractivity contribution is 0.102. The van der Waals surface area contributed by atoms with E-state index in [4.69, 9.17) is 18.9 Å². The van der Waals surface area contributed by atoms with Gasteiger partial charge in [0.05, 0.1) is 31.4 Å². The molecule has 0 aromatic heterocycles. The van der Waals surface area contributed by atoms with Crippen molar-refractivity contribution in [1.29, 1.82) is 0 Å². The Morgan fingerprint density at radius 3 is 2.45 bits per heavy atom. The van der Waals surface area contributed by atoms with Gasteiger partial charge in [0, 0.05) is 17.3 Å². The zero-order valence-electron chi connectivity index (χ0n) is 16.9. The molecule has 1 aliphatic rings. The number of hydrogen-bond acceptors (Lipinski definition) is 5. The Bertz CT molecular complexity index is 865. The second kappa shape index (κ2) is 9.87. The van der Waals surface area contributed by atoms with Crippen LogP contribution in [0.25, 0.3) is 0 Å². The summed E-state index contributed by atoms with van der Waals surface area (Å²) in [6, 6.07) is 8.76. The van der Waals surface area contributed by atoms with E-state index in [0.29, 0.717) is 45.3 Å². The zero-order valence-corrected chi connectivity index (χ0v) is 18.5. The van der Waals surface area contributed by atoms with Crippen LogP contribution < -0.4 is 24.3 Å². The number of benzene rings is 2. The normalized spacial score (nSPS) is 13.8. The monoisotopic (exact) mass is 463 g/mol. The van der Waals surface area contributed by atoms with Gasteiger partial charge in [-0.3, -0.25) is 4.79 Å². The van der Waals surface area contributed by atoms with Crippen LogP contribution in [-0.4, -0.2) is 32.8 Å². The van der Waals surface area contributed by atoms with Crippen molar-refractivity contribution in [2.24, 2.45) is 0 Å². The molecule has 0 bridgehead atoms. The molecule has 0 atom stereocenters. The number of methoxy groups -OCH3 is 2. The fourth-order valence-corrected chi connectivity index (χ4v) is 3.93. The number of hydrogen-bond donors (Lipinski definition) is 1. The summed E-state index contributed by atoms with van der Waals surface area (Å²) in [6.45, 7) is 2.39. The standard InChI is InChI=1S/C22H26BrNO5/c1-4-28-21-17(23)11-14(12-20(21)27-3)22(25)24-15-9-10-18(26-2)19(13-15)29-16-7-5-6-8-16/h9-13,16H,4-8H2,1-3H3,(H,24,25). The van der Waals surface area contributed by atoms with E-state index >= 15 is 0 Å². The maximum Gasteiger partial charge on any atom is 0.255 e. The first-order valence-corrected chi connectivity index (χ1v) is 10.5. The summed E-state index contributed by atoms with van der Waals surface area (Å²) in [5.74, 6) is 2.10. The van der Waals surface area contributed by atoms with Crippen LogP contribution in [0.2, 0.25) is 0 Å². The first kappa shape index (κ1) is 21.3. The first-order valence-electron chi connectivity index (χ1n) is 9.72. The van der Waals surface area contributed by atoms with E-state index in [9.17, 15) is 4.79 Å². The lowest BCUT2D eigenvalue weighted by Crippen LogP contribution is -2.14. The van der Waals surface area contributed by atoms with Gasteiger partial charge in [0.2, 0.25) is 0 Å². The van der Waals surface area contributed by atoms with Crippen LogP contribution in [0.5, 0.6) is 23.0 Å². The third-order valence-corrected chi connectivity index (χ3v) is 5.39. The van der Waals surface area contributed by atoms with Crippen molar-refractivity contribution in [3.05, 3.63) is 40.4 Å². The molecule has 156 valence electrons. The topological polar surface area (TPSA) is 66.0 Å². The highest BCUT2D eigenvalue weighted by Gasteiger charge is 2.20. The molecule has 3 rings (SSSR count). The Labute approximate surface area is 179 Å². The van der Waals surface area contributed by atoms with Gasteiger partial charge in [0.15, 0.2) is 23.0 Å². The van der Waals surface area contributed by atoms with Crippen molar-refractivity contribution in [2.75, 3.05) is 26.1 Å². The molecular weight excluding hydrogens is 438 g/mol. The molecule has 1 N–H and O–H groups in total. The minimum Gasteiger partial charge on any atom is -0.493 e. The second-order valence-electron chi connectivity index (χ2n) is 6.77. The molecule has 0 heterocycles. The summed E-state index contributed by atoms with van der Waals surface area (Å²) >= 11 is 3.45. The minimum absolute atomic E-state index is 0.196. The first-order chi connectivity index (χ1) is 14.0. The van der Waals surface area contributed by atoms with Crippen LogP contribution in [0.1, 0.15) is 43.0 Å². The van der Waals surface area contributed by atoms with E-state index in [1.165, 1.54) is 12.8 Å². The van der Waals surface area contributed by atoms with Crippen LogP contribution >= 0.6 is 15.9 Å². The van der Waals surface area contributed by atoms with Gasteiger partial charge in [0.1, 0.15) is 0 Å². The number of rotatable bonds is 8. The summed E-state index contributed by atoms with van der Waals surface area (Å²) in [5, 5.41) is 2.91. The van der Waals surface area contributed by atoms with Gasteiger partial charge < -0.3 is 24.3 Å². The Kier molecular flexibility index (Phi) is 7.25. The van der Waals surface area contributed by atoms with Crippen molar-refractivity contribution in [3.63, 3.8) is 0 Å². The van der Waals surface area contributed by atoms with E-state index < -0.39 is 0 Å². The molecule has 2 aromatic rings. The van der Waals surface area contributed by atoms with Crippen LogP contribution in [-0.2, 0) is 0 Å². The second-order valence-corrected chi connectivity index (χ2v) is 7.62. The van der Waals surface area contributed by atoms with Crippen LogP contribution in [0, 0.1) is 0 Å². The van der Waals surface area contributed by atoms with Gasteiger partial charge >= 0.3 is 0 Å². The maximum absolute atomic E-state index is 12.8. The highest BCUT2D eigenvalue weighted by molar-refractivity contribution is 9.10. The molecule has 2 aromatic carbocycles. The molecule has 29 heavy (non-hydrogen) atoms. The van der Waals surface area contributed by atoms with E-state index in [-0.39, 0.29) is 12.0 Å². The summed E-state index contributed by atoms with van der Waals surface area (Å²) in [7, 11) is 3.15. The molecule has 1 aliphatic carbocycles. The molecule has 0 unspecified atom stereocenters. The highest BCUT2D eigenvalue weighted by Crippen LogP contribution is 2.37. The quantitative estimate of drug-likeness (QED) is 0.564. The number of ether oxygens (including phenoxy) is 4. The number of halogens is 1. The predicted octanol–water partition coefficient (Wildman–Crippen LogP) is 5.44. The summed E-state index contributed by atoms with van der Waals surface area (Å²) < 4.78 is 23.1. The maximum atomic E-state index is 12.8. The van der Waals surface area contributed by atoms with Crippen molar-refractivity contribution < 1.29 is 23.7 Å². The number of amides is 1. The molecule has 1 fully saturated rings. The van der Waals surface area contributed by atoms with E-state index in [1.807, 2.05) is 6.92 Å². The number of carbonyl (C=O) groups is 1. The largest absolute Gasteiger partial charge is 0.493 e. The van der Waals surface area contributed by atoms with Gasteiger partial charge in [-0.25, -0.2) is 0 Å². The fraction of sp³-hybridized carbons (Fsp3) is 0.409. The number of anilines is 1. The third kappa shape index (κ3) is 5.15. The summed E-state index contributed by atoms with van der Waals surface area (Å²) in [6.07, 6.45) is 4.64. The van der Waals surface area contributed by atoms with Gasteiger partial charge in [-0.1, -0.05) is 0 Å². The Morgan fingerprint density at radius 2 is 1.79 bits per heavy atom. The molecule has 0 radical (unpaired) electrons. The van der Waals surface area contributed by atoms with Crippen molar-refractivity contribution >= 4 is 27.5 Å². The van der Waals surface area contributed by atoms with Gasteiger partial charge in [-0.15, -0.1) is 0 Å². The van der Waals surface area contributed by atoms with Gasteiger partial charge in [-0.2, -0.15) is 0 Å². The lowest BCUT2D eigenvalue weighted by Gasteiger charge is -2.17. The third-order valence-electron chi connectivity index (χ3n) is 4.80. The predicted molar refractivity (Wildman–Crippen MR) is 116 cm³/mol. The SMILES string of the molecule is CCOc1c(Br)cc(C(=O)Nc2ccc(OC)c(OC3CCCC3)c2)cc1OC. The molecule has 6 nitrogen and oxygen atoms in total. The molecule has 1 saturated carbocycles. The zero-order chi connectivity index (χ0) is 20.8. The number of carbonyl (C=O) groups excluding carboxylic acids is 1.